The molecule has 2 aromatic carbocycles. The fourth-order valence-corrected chi connectivity index (χ4v) is 4.93. The molecule has 0 atom stereocenters. The van der Waals surface area contributed by atoms with Gasteiger partial charge in [0.1, 0.15) is 4.90 Å². The molecule has 0 heterocycles. The highest BCUT2D eigenvalue weighted by Crippen LogP contribution is 2.28. The number of para-hydroxylation sites is 1. The van der Waals surface area contributed by atoms with Gasteiger partial charge >= 0.3 is 5.97 Å². The van der Waals surface area contributed by atoms with Gasteiger partial charge in [0.25, 0.3) is 15.9 Å². The van der Waals surface area contributed by atoms with Crippen molar-refractivity contribution in [2.75, 3.05) is 11.3 Å². The fraction of sp³-hybridized carbons (Fsp3) is 0.333. The zero-order valence-corrected chi connectivity index (χ0v) is 19.9. The van der Waals surface area contributed by atoms with Crippen molar-refractivity contribution in [1.82, 2.24) is 4.90 Å². The second kappa shape index (κ2) is 10.3. The zero-order chi connectivity index (χ0) is 23.3. The molecule has 0 spiro atoms. The number of nitrogens with zero attached hydrogens (tertiary/aromatic N) is 1. The standard InChI is InChI=1S/C21H24Cl2N2O5S/c1-13(2)25(14(3)4)20(26)12-30-21(27)16-7-5-6-8-18(16)24-31(28,29)19-11-15(22)9-10-17(19)23/h5-11,13-14,24H,12H2,1-4H3. The van der Waals surface area contributed by atoms with Crippen LogP contribution in [0.15, 0.2) is 47.4 Å². The molecule has 31 heavy (non-hydrogen) atoms. The van der Waals surface area contributed by atoms with E-state index in [0.717, 1.165) is 0 Å². The Morgan fingerprint density at radius 3 is 2.26 bits per heavy atom. The summed E-state index contributed by atoms with van der Waals surface area (Å²) in [7, 11) is -4.14. The Kier molecular flexibility index (Phi) is 8.34. The lowest BCUT2D eigenvalue weighted by atomic mass is 10.2. The van der Waals surface area contributed by atoms with E-state index in [4.69, 9.17) is 27.9 Å². The van der Waals surface area contributed by atoms with Crippen molar-refractivity contribution in [3.8, 4) is 0 Å². The number of nitrogens with one attached hydrogen (secondary N) is 1. The van der Waals surface area contributed by atoms with E-state index in [1.54, 1.807) is 17.0 Å². The topological polar surface area (TPSA) is 92.8 Å². The Balaban J connectivity index is 2.23. The summed E-state index contributed by atoms with van der Waals surface area (Å²) in [4.78, 5) is 26.4. The number of rotatable bonds is 8. The number of carbonyl (C=O) groups is 2. The van der Waals surface area contributed by atoms with Crippen molar-refractivity contribution < 1.29 is 22.7 Å². The Morgan fingerprint density at radius 1 is 1.03 bits per heavy atom. The zero-order valence-electron chi connectivity index (χ0n) is 17.6. The quantitative estimate of drug-likeness (QED) is 0.550. The van der Waals surface area contributed by atoms with E-state index in [1.807, 2.05) is 27.7 Å². The first-order valence-corrected chi connectivity index (χ1v) is 11.7. The van der Waals surface area contributed by atoms with E-state index < -0.39 is 22.6 Å². The van der Waals surface area contributed by atoms with E-state index >= 15 is 0 Å². The van der Waals surface area contributed by atoms with Crippen LogP contribution in [-0.2, 0) is 19.6 Å². The molecule has 0 unspecified atom stereocenters. The van der Waals surface area contributed by atoms with Crippen LogP contribution in [0.5, 0.6) is 0 Å². The van der Waals surface area contributed by atoms with Crippen LogP contribution in [0.25, 0.3) is 0 Å². The molecule has 0 aliphatic heterocycles. The summed E-state index contributed by atoms with van der Waals surface area (Å²) in [5.41, 5.74) is -0.0572. The van der Waals surface area contributed by atoms with Crippen molar-refractivity contribution in [1.29, 1.82) is 0 Å². The number of hydrogen-bond acceptors (Lipinski definition) is 5. The van der Waals surface area contributed by atoms with Crippen LogP contribution >= 0.6 is 23.2 Å². The lowest BCUT2D eigenvalue weighted by Crippen LogP contribution is -2.44. The Morgan fingerprint density at radius 2 is 1.65 bits per heavy atom. The van der Waals surface area contributed by atoms with Crippen molar-refractivity contribution in [2.45, 2.75) is 44.7 Å². The summed E-state index contributed by atoms with van der Waals surface area (Å²) in [5.74, 6) is -1.18. The molecule has 1 N–H and O–H groups in total. The van der Waals surface area contributed by atoms with Gasteiger partial charge in [-0.25, -0.2) is 13.2 Å². The van der Waals surface area contributed by atoms with Crippen LogP contribution in [0.2, 0.25) is 10.0 Å². The third kappa shape index (κ3) is 6.35. The van der Waals surface area contributed by atoms with Gasteiger partial charge in [0.2, 0.25) is 0 Å². The molecule has 168 valence electrons. The number of benzene rings is 2. The highest BCUT2D eigenvalue weighted by atomic mass is 35.5. The minimum Gasteiger partial charge on any atom is -0.452 e. The SMILES string of the molecule is CC(C)N(C(=O)COC(=O)c1ccccc1NS(=O)(=O)c1cc(Cl)ccc1Cl)C(C)C. The summed E-state index contributed by atoms with van der Waals surface area (Å²) in [6.45, 7) is 7.00. The first-order chi connectivity index (χ1) is 14.4. The molecule has 1 amide bonds. The summed E-state index contributed by atoms with van der Waals surface area (Å²) in [6.07, 6.45) is 0. The van der Waals surface area contributed by atoms with Crippen LogP contribution in [0, 0.1) is 0 Å². The number of sulfonamides is 1. The average Bonchev–Trinajstić information content (AvgIpc) is 2.67. The van der Waals surface area contributed by atoms with Crippen molar-refractivity contribution in [3.63, 3.8) is 0 Å². The smallest absolute Gasteiger partial charge is 0.340 e. The first kappa shape index (κ1) is 25.0. The van der Waals surface area contributed by atoms with Gasteiger partial charge in [-0.05, 0) is 58.0 Å². The molecule has 0 saturated carbocycles. The maximum absolute atomic E-state index is 12.8. The third-order valence-electron chi connectivity index (χ3n) is 4.30. The van der Waals surface area contributed by atoms with Crippen LogP contribution in [0.1, 0.15) is 38.1 Å². The predicted octanol–water partition coefficient (Wildman–Crippen LogP) is 4.60. The van der Waals surface area contributed by atoms with Gasteiger partial charge in [-0.1, -0.05) is 35.3 Å². The lowest BCUT2D eigenvalue weighted by molar-refractivity contribution is -0.138. The maximum atomic E-state index is 12.8. The minimum absolute atomic E-state index is 0.0134. The van der Waals surface area contributed by atoms with Gasteiger partial charge in [-0.15, -0.1) is 0 Å². The van der Waals surface area contributed by atoms with Gasteiger partial charge in [-0.3, -0.25) is 9.52 Å². The van der Waals surface area contributed by atoms with E-state index in [-0.39, 0.29) is 44.2 Å². The molecule has 7 nitrogen and oxygen atoms in total. The molecule has 2 aromatic rings. The molecular formula is C21H24Cl2N2O5S. The molecule has 0 aliphatic carbocycles. The van der Waals surface area contributed by atoms with Crippen LogP contribution in [0.4, 0.5) is 5.69 Å². The predicted molar refractivity (Wildman–Crippen MR) is 121 cm³/mol. The van der Waals surface area contributed by atoms with Crippen LogP contribution in [0.3, 0.4) is 0 Å². The summed E-state index contributed by atoms with van der Waals surface area (Å²) >= 11 is 11.9. The molecule has 0 aromatic heterocycles. The number of anilines is 1. The maximum Gasteiger partial charge on any atom is 0.340 e. The van der Waals surface area contributed by atoms with Crippen molar-refractivity contribution in [3.05, 3.63) is 58.1 Å². The monoisotopic (exact) mass is 486 g/mol. The largest absolute Gasteiger partial charge is 0.452 e. The molecule has 0 saturated heterocycles. The highest BCUT2D eigenvalue weighted by Gasteiger charge is 2.24. The normalized spacial score (nSPS) is 11.5. The third-order valence-corrected chi connectivity index (χ3v) is 6.38. The van der Waals surface area contributed by atoms with E-state index in [1.165, 1.54) is 30.3 Å². The first-order valence-electron chi connectivity index (χ1n) is 9.49. The summed E-state index contributed by atoms with van der Waals surface area (Å²) < 4.78 is 33.1. The number of hydrogen-bond donors (Lipinski definition) is 1. The van der Waals surface area contributed by atoms with Crippen LogP contribution in [-0.4, -0.2) is 43.9 Å². The van der Waals surface area contributed by atoms with Crippen molar-refractivity contribution in [2.24, 2.45) is 0 Å². The van der Waals surface area contributed by atoms with E-state index in [0.29, 0.717) is 0 Å². The van der Waals surface area contributed by atoms with Crippen molar-refractivity contribution >= 4 is 50.8 Å². The summed E-state index contributed by atoms with van der Waals surface area (Å²) in [5, 5.41) is 0.167. The number of amides is 1. The molecule has 0 aliphatic rings. The molecule has 2 rings (SSSR count). The van der Waals surface area contributed by atoms with Gasteiger partial charge < -0.3 is 9.64 Å². The second-order valence-electron chi connectivity index (χ2n) is 7.29. The minimum atomic E-state index is -4.14. The summed E-state index contributed by atoms with van der Waals surface area (Å²) in [6, 6.07) is 9.81. The van der Waals surface area contributed by atoms with E-state index in [2.05, 4.69) is 4.72 Å². The van der Waals surface area contributed by atoms with Crippen LogP contribution < -0.4 is 4.72 Å². The second-order valence-corrected chi connectivity index (χ2v) is 9.78. The lowest BCUT2D eigenvalue weighted by Gasteiger charge is -2.30. The van der Waals surface area contributed by atoms with Gasteiger partial charge in [-0.2, -0.15) is 0 Å². The fourth-order valence-electron chi connectivity index (χ4n) is 3.08. The Labute approximate surface area is 192 Å². The Hall–Kier alpha value is -2.29. The number of ether oxygens (including phenoxy) is 1. The van der Waals surface area contributed by atoms with Gasteiger partial charge in [0.15, 0.2) is 6.61 Å². The molecular weight excluding hydrogens is 463 g/mol. The number of halogens is 2. The number of esters is 1. The molecule has 0 bridgehead atoms. The molecule has 0 fully saturated rings. The van der Waals surface area contributed by atoms with Gasteiger partial charge in [0, 0.05) is 17.1 Å². The highest BCUT2D eigenvalue weighted by molar-refractivity contribution is 7.92. The number of carbonyl (C=O) groups excluding carboxylic acids is 2. The average molecular weight is 487 g/mol. The molecule has 0 radical (unpaired) electrons. The Bertz CT molecular complexity index is 1060. The molecule has 10 heteroatoms. The van der Waals surface area contributed by atoms with E-state index in [9.17, 15) is 18.0 Å². The van der Waals surface area contributed by atoms with Gasteiger partial charge in [0.05, 0.1) is 16.3 Å².